The number of carbonyl (C=O) groups is 2. The summed E-state index contributed by atoms with van der Waals surface area (Å²) in [4.78, 5) is 26.4. The molecule has 8 nitrogen and oxygen atoms in total. The van der Waals surface area contributed by atoms with Gasteiger partial charge in [-0.2, -0.15) is 5.10 Å². The molecule has 0 fully saturated rings. The lowest BCUT2D eigenvalue weighted by Gasteiger charge is -2.26. The highest BCUT2D eigenvalue weighted by atomic mass is 16.5. The summed E-state index contributed by atoms with van der Waals surface area (Å²) < 4.78 is 10.5. The molecule has 2 heterocycles. The third-order valence-electron chi connectivity index (χ3n) is 4.95. The Morgan fingerprint density at radius 2 is 2.04 bits per heavy atom. The largest absolute Gasteiger partial charge is 0.493 e. The minimum atomic E-state index is -0.233. The molecular formula is C20H26N4O4. The molecular weight excluding hydrogens is 360 g/mol. The van der Waals surface area contributed by atoms with Crippen LogP contribution in [0.15, 0.2) is 18.2 Å². The normalized spacial score (nSPS) is 13.0. The fraction of sp³-hybridized carbons (Fsp3) is 0.450. The van der Waals surface area contributed by atoms with Gasteiger partial charge in [-0.1, -0.05) is 13.0 Å². The molecule has 0 unspecified atom stereocenters. The molecule has 1 aliphatic heterocycles. The van der Waals surface area contributed by atoms with Crippen LogP contribution >= 0.6 is 0 Å². The predicted octanol–water partition coefficient (Wildman–Crippen LogP) is 1.69. The van der Waals surface area contributed by atoms with Gasteiger partial charge in [-0.3, -0.25) is 14.7 Å². The summed E-state index contributed by atoms with van der Waals surface area (Å²) in [5, 5.41) is 10.0. The number of hydrogen-bond acceptors (Lipinski definition) is 5. The second-order valence-electron chi connectivity index (χ2n) is 6.64. The van der Waals surface area contributed by atoms with Gasteiger partial charge in [0, 0.05) is 43.7 Å². The molecule has 150 valence electrons. The Morgan fingerprint density at radius 1 is 1.25 bits per heavy atom. The molecule has 0 saturated carbocycles. The summed E-state index contributed by atoms with van der Waals surface area (Å²) in [6, 6.07) is 5.69. The molecule has 0 saturated heterocycles. The Kier molecular flexibility index (Phi) is 6.18. The van der Waals surface area contributed by atoms with E-state index in [1.165, 1.54) is 0 Å². The average molecular weight is 386 g/mol. The quantitative estimate of drug-likeness (QED) is 0.755. The summed E-state index contributed by atoms with van der Waals surface area (Å²) in [5.74, 6) is 1.19. The Bertz CT molecular complexity index is 862. The van der Waals surface area contributed by atoms with Crippen molar-refractivity contribution >= 4 is 11.8 Å². The predicted molar refractivity (Wildman–Crippen MR) is 104 cm³/mol. The fourth-order valence-electron chi connectivity index (χ4n) is 3.36. The smallest absolute Gasteiger partial charge is 0.272 e. The van der Waals surface area contributed by atoms with Gasteiger partial charge in [-0.05, 0) is 24.1 Å². The number of aromatic amines is 1. The highest BCUT2D eigenvalue weighted by Crippen LogP contribution is 2.27. The van der Waals surface area contributed by atoms with Crippen molar-refractivity contribution in [2.75, 3.05) is 27.3 Å². The third kappa shape index (κ3) is 4.11. The van der Waals surface area contributed by atoms with Crippen LogP contribution in [0.2, 0.25) is 0 Å². The second kappa shape index (κ2) is 8.77. The monoisotopic (exact) mass is 386 g/mol. The van der Waals surface area contributed by atoms with E-state index in [1.807, 2.05) is 25.1 Å². The standard InChI is InChI=1S/C20H26N4O4/c1-4-18(25)24-10-8-15-14(12-24)19(23-22-15)20(26)21-9-7-13-5-6-16(27-2)17(11-13)28-3/h5-6,11H,4,7-10,12H2,1-3H3,(H,21,26)(H,22,23). The highest BCUT2D eigenvalue weighted by molar-refractivity contribution is 5.94. The van der Waals surface area contributed by atoms with E-state index in [-0.39, 0.29) is 11.8 Å². The molecule has 0 aliphatic carbocycles. The van der Waals surface area contributed by atoms with Gasteiger partial charge in [0.2, 0.25) is 5.91 Å². The van der Waals surface area contributed by atoms with Crippen LogP contribution < -0.4 is 14.8 Å². The molecule has 1 aromatic carbocycles. The van der Waals surface area contributed by atoms with E-state index in [2.05, 4.69) is 15.5 Å². The lowest BCUT2D eigenvalue weighted by Crippen LogP contribution is -2.36. The van der Waals surface area contributed by atoms with Gasteiger partial charge < -0.3 is 19.7 Å². The number of hydrogen-bond donors (Lipinski definition) is 2. The van der Waals surface area contributed by atoms with Gasteiger partial charge in [0.1, 0.15) is 0 Å². The zero-order valence-corrected chi connectivity index (χ0v) is 16.5. The number of benzene rings is 1. The summed E-state index contributed by atoms with van der Waals surface area (Å²) in [7, 11) is 3.19. The summed E-state index contributed by atoms with van der Waals surface area (Å²) in [6.45, 7) is 3.39. The fourth-order valence-corrected chi connectivity index (χ4v) is 3.36. The van der Waals surface area contributed by atoms with Gasteiger partial charge in [0.05, 0.1) is 14.2 Å². The highest BCUT2D eigenvalue weighted by Gasteiger charge is 2.27. The number of fused-ring (bicyclic) bond motifs is 1. The number of H-pyrrole nitrogens is 1. The second-order valence-corrected chi connectivity index (χ2v) is 6.64. The van der Waals surface area contributed by atoms with Gasteiger partial charge in [0.15, 0.2) is 17.2 Å². The maximum atomic E-state index is 12.6. The summed E-state index contributed by atoms with van der Waals surface area (Å²) >= 11 is 0. The first-order valence-corrected chi connectivity index (χ1v) is 9.40. The van der Waals surface area contributed by atoms with Crippen molar-refractivity contribution < 1.29 is 19.1 Å². The maximum absolute atomic E-state index is 12.6. The topological polar surface area (TPSA) is 96.6 Å². The van der Waals surface area contributed by atoms with E-state index in [1.54, 1.807) is 19.1 Å². The lowest BCUT2D eigenvalue weighted by molar-refractivity contribution is -0.131. The van der Waals surface area contributed by atoms with Crippen molar-refractivity contribution in [2.45, 2.75) is 32.7 Å². The zero-order chi connectivity index (χ0) is 20.1. The number of carbonyl (C=O) groups excluding carboxylic acids is 2. The lowest BCUT2D eigenvalue weighted by atomic mass is 10.0. The molecule has 2 amide bonds. The Labute approximate surface area is 164 Å². The maximum Gasteiger partial charge on any atom is 0.272 e. The molecule has 28 heavy (non-hydrogen) atoms. The van der Waals surface area contributed by atoms with E-state index >= 15 is 0 Å². The van der Waals surface area contributed by atoms with Crippen LogP contribution in [-0.2, 0) is 24.2 Å². The van der Waals surface area contributed by atoms with Gasteiger partial charge >= 0.3 is 0 Å². The van der Waals surface area contributed by atoms with Crippen LogP contribution in [0, 0.1) is 0 Å². The minimum Gasteiger partial charge on any atom is -0.493 e. The van der Waals surface area contributed by atoms with Crippen molar-refractivity contribution in [3.05, 3.63) is 40.7 Å². The van der Waals surface area contributed by atoms with Crippen LogP contribution in [0.4, 0.5) is 0 Å². The SMILES string of the molecule is CCC(=O)N1CCc2[nH]nc(C(=O)NCCc3ccc(OC)c(OC)c3)c2C1. The molecule has 0 bridgehead atoms. The Morgan fingerprint density at radius 3 is 2.75 bits per heavy atom. The number of rotatable bonds is 7. The molecule has 0 atom stereocenters. The van der Waals surface area contributed by atoms with Crippen LogP contribution in [-0.4, -0.2) is 54.2 Å². The first kappa shape index (κ1) is 19.7. The number of aromatic nitrogens is 2. The first-order valence-electron chi connectivity index (χ1n) is 9.40. The number of nitrogens with zero attached hydrogens (tertiary/aromatic N) is 2. The number of nitrogens with one attached hydrogen (secondary N) is 2. The van der Waals surface area contributed by atoms with Crippen molar-refractivity contribution in [2.24, 2.45) is 0 Å². The van der Waals surface area contributed by atoms with Crippen molar-refractivity contribution in [1.29, 1.82) is 0 Å². The Balaban J connectivity index is 1.61. The van der Waals surface area contributed by atoms with E-state index in [0.717, 1.165) is 16.8 Å². The van der Waals surface area contributed by atoms with Crippen LogP contribution in [0.25, 0.3) is 0 Å². The van der Waals surface area contributed by atoms with Gasteiger partial charge in [0.25, 0.3) is 5.91 Å². The van der Waals surface area contributed by atoms with Gasteiger partial charge in [-0.15, -0.1) is 0 Å². The number of methoxy groups -OCH3 is 2. The molecule has 2 N–H and O–H groups in total. The van der Waals surface area contributed by atoms with Crippen molar-refractivity contribution in [3.63, 3.8) is 0 Å². The summed E-state index contributed by atoms with van der Waals surface area (Å²) in [5.41, 5.74) is 3.15. The van der Waals surface area contributed by atoms with Gasteiger partial charge in [-0.25, -0.2) is 0 Å². The van der Waals surface area contributed by atoms with Crippen LogP contribution in [0.1, 0.15) is 40.7 Å². The molecule has 1 aliphatic rings. The van der Waals surface area contributed by atoms with Crippen molar-refractivity contribution in [1.82, 2.24) is 20.4 Å². The van der Waals surface area contributed by atoms with E-state index in [9.17, 15) is 9.59 Å². The van der Waals surface area contributed by atoms with Crippen molar-refractivity contribution in [3.8, 4) is 11.5 Å². The molecule has 3 rings (SSSR count). The molecule has 0 spiro atoms. The number of ether oxygens (including phenoxy) is 2. The summed E-state index contributed by atoms with van der Waals surface area (Å²) in [6.07, 6.45) is 1.80. The number of amides is 2. The van der Waals surface area contributed by atoms with Crippen LogP contribution in [0.5, 0.6) is 11.5 Å². The van der Waals surface area contributed by atoms with E-state index in [0.29, 0.717) is 56.1 Å². The van der Waals surface area contributed by atoms with E-state index < -0.39 is 0 Å². The third-order valence-corrected chi connectivity index (χ3v) is 4.95. The average Bonchev–Trinajstić information content (AvgIpc) is 3.16. The minimum absolute atomic E-state index is 0.0895. The van der Waals surface area contributed by atoms with E-state index in [4.69, 9.17) is 9.47 Å². The Hall–Kier alpha value is -3.03. The van der Waals surface area contributed by atoms with Crippen LogP contribution in [0.3, 0.4) is 0 Å². The molecule has 1 aromatic heterocycles. The zero-order valence-electron chi connectivity index (χ0n) is 16.5. The first-order chi connectivity index (χ1) is 13.6. The molecule has 0 radical (unpaired) electrons. The molecule has 8 heteroatoms. The molecule has 2 aromatic rings.